The Morgan fingerprint density at radius 3 is 2.32 bits per heavy atom. The van der Waals surface area contributed by atoms with Crippen LogP contribution in [-0.2, 0) is 10.2 Å². The number of hydrogen-bond acceptors (Lipinski definition) is 2. The third-order valence-electron chi connectivity index (χ3n) is 3.40. The Hall–Kier alpha value is -1.35. The number of carbonyl (C=O) groups is 1. The third-order valence-corrected chi connectivity index (χ3v) is 3.40. The number of amides is 1. The molecule has 0 aliphatic rings. The molecule has 0 heterocycles. The van der Waals surface area contributed by atoms with Crippen molar-refractivity contribution in [3.05, 3.63) is 34.9 Å². The fraction of sp³-hybridized carbons (Fsp3) is 0.562. The van der Waals surface area contributed by atoms with Gasteiger partial charge in [0.25, 0.3) is 0 Å². The van der Waals surface area contributed by atoms with Crippen molar-refractivity contribution in [1.29, 1.82) is 0 Å². The number of hydrogen-bond donors (Lipinski definition) is 2. The first kappa shape index (κ1) is 15.7. The maximum Gasteiger partial charge on any atom is 0.239 e. The van der Waals surface area contributed by atoms with Crippen LogP contribution in [0.25, 0.3) is 0 Å². The van der Waals surface area contributed by atoms with E-state index in [0.29, 0.717) is 6.54 Å². The summed E-state index contributed by atoms with van der Waals surface area (Å²) in [5.74, 6) is -0.120. The highest BCUT2D eigenvalue weighted by Gasteiger charge is 2.27. The minimum atomic E-state index is -0.836. The highest BCUT2D eigenvalue weighted by molar-refractivity contribution is 5.85. The molecule has 0 aliphatic heterocycles. The zero-order valence-electron chi connectivity index (χ0n) is 12.9. The average molecular weight is 262 g/mol. The van der Waals surface area contributed by atoms with Crippen molar-refractivity contribution in [1.82, 2.24) is 5.32 Å². The van der Waals surface area contributed by atoms with E-state index in [0.717, 1.165) is 0 Å². The van der Waals surface area contributed by atoms with Gasteiger partial charge in [0.2, 0.25) is 5.91 Å². The molecule has 0 aromatic heterocycles. The molecule has 1 aromatic rings. The second-order valence-corrected chi connectivity index (χ2v) is 6.61. The molecule has 1 amide bonds. The van der Waals surface area contributed by atoms with Gasteiger partial charge in [0.1, 0.15) is 0 Å². The lowest BCUT2D eigenvalue weighted by Gasteiger charge is -2.29. The lowest BCUT2D eigenvalue weighted by atomic mass is 9.81. The lowest BCUT2D eigenvalue weighted by molar-refractivity contribution is -0.125. The second-order valence-electron chi connectivity index (χ2n) is 6.61. The van der Waals surface area contributed by atoms with Gasteiger partial charge in [-0.15, -0.1) is 0 Å². The minimum Gasteiger partial charge on any atom is -0.354 e. The van der Waals surface area contributed by atoms with E-state index in [9.17, 15) is 4.79 Å². The Kier molecular flexibility index (Phi) is 4.41. The van der Waals surface area contributed by atoms with E-state index in [1.54, 1.807) is 13.8 Å². The molecule has 0 aliphatic carbocycles. The van der Waals surface area contributed by atoms with Gasteiger partial charge in [-0.05, 0) is 38.8 Å². The molecule has 0 radical (unpaired) electrons. The number of aryl methyl sites for hydroxylation is 2. The SMILES string of the molecule is Cc1ccc(C)c(C(C)(C)CNC(=O)C(C)(C)N)c1. The molecule has 0 bridgehead atoms. The summed E-state index contributed by atoms with van der Waals surface area (Å²) in [5.41, 5.74) is 8.59. The second kappa shape index (κ2) is 5.33. The van der Waals surface area contributed by atoms with E-state index in [2.05, 4.69) is 51.2 Å². The van der Waals surface area contributed by atoms with Crippen LogP contribution in [0.4, 0.5) is 0 Å². The van der Waals surface area contributed by atoms with Crippen LogP contribution in [0.5, 0.6) is 0 Å². The van der Waals surface area contributed by atoms with Gasteiger partial charge in [0, 0.05) is 12.0 Å². The summed E-state index contributed by atoms with van der Waals surface area (Å²) < 4.78 is 0. The Morgan fingerprint density at radius 2 is 1.79 bits per heavy atom. The standard InChI is InChI=1S/C16H26N2O/c1-11-7-8-12(2)13(9-11)15(3,4)10-18-14(19)16(5,6)17/h7-9H,10,17H2,1-6H3,(H,18,19). The van der Waals surface area contributed by atoms with Crippen molar-refractivity contribution in [2.45, 2.75) is 52.5 Å². The summed E-state index contributed by atoms with van der Waals surface area (Å²) in [4.78, 5) is 11.9. The van der Waals surface area contributed by atoms with Crippen LogP contribution in [0.15, 0.2) is 18.2 Å². The van der Waals surface area contributed by atoms with Crippen LogP contribution >= 0.6 is 0 Å². The van der Waals surface area contributed by atoms with Crippen molar-refractivity contribution < 1.29 is 4.79 Å². The Labute approximate surface area is 116 Å². The van der Waals surface area contributed by atoms with Gasteiger partial charge in [-0.3, -0.25) is 4.79 Å². The lowest BCUT2D eigenvalue weighted by Crippen LogP contribution is -2.51. The van der Waals surface area contributed by atoms with E-state index < -0.39 is 5.54 Å². The zero-order chi connectivity index (χ0) is 14.8. The highest BCUT2D eigenvalue weighted by atomic mass is 16.2. The van der Waals surface area contributed by atoms with E-state index in [1.165, 1.54) is 16.7 Å². The summed E-state index contributed by atoms with van der Waals surface area (Å²) in [6.07, 6.45) is 0. The molecular formula is C16H26N2O. The fourth-order valence-electron chi connectivity index (χ4n) is 2.09. The van der Waals surface area contributed by atoms with Crippen LogP contribution in [0, 0.1) is 13.8 Å². The monoisotopic (exact) mass is 262 g/mol. The van der Waals surface area contributed by atoms with Gasteiger partial charge >= 0.3 is 0 Å². The normalized spacial score (nSPS) is 12.4. The average Bonchev–Trinajstić information content (AvgIpc) is 2.28. The molecular weight excluding hydrogens is 236 g/mol. The Bertz CT molecular complexity index is 470. The number of rotatable bonds is 4. The van der Waals surface area contributed by atoms with Gasteiger partial charge in [-0.25, -0.2) is 0 Å². The van der Waals surface area contributed by atoms with Crippen molar-refractivity contribution in [3.63, 3.8) is 0 Å². The summed E-state index contributed by atoms with van der Waals surface area (Å²) >= 11 is 0. The molecule has 0 saturated carbocycles. The maximum absolute atomic E-state index is 11.9. The topological polar surface area (TPSA) is 55.1 Å². The molecule has 3 N–H and O–H groups in total. The van der Waals surface area contributed by atoms with Gasteiger partial charge in [-0.2, -0.15) is 0 Å². The molecule has 19 heavy (non-hydrogen) atoms. The van der Waals surface area contributed by atoms with Crippen LogP contribution in [0.2, 0.25) is 0 Å². The predicted molar refractivity (Wildman–Crippen MR) is 80.2 cm³/mol. The third kappa shape index (κ3) is 4.06. The summed E-state index contributed by atoms with van der Waals surface area (Å²) in [6, 6.07) is 6.42. The van der Waals surface area contributed by atoms with Gasteiger partial charge in [-0.1, -0.05) is 37.6 Å². The van der Waals surface area contributed by atoms with E-state index in [4.69, 9.17) is 5.73 Å². The number of nitrogens with one attached hydrogen (secondary N) is 1. The molecule has 0 atom stereocenters. The molecule has 0 fully saturated rings. The van der Waals surface area contributed by atoms with Crippen LogP contribution in [-0.4, -0.2) is 18.0 Å². The van der Waals surface area contributed by atoms with E-state index in [1.807, 2.05) is 0 Å². The summed E-state index contributed by atoms with van der Waals surface area (Å²) in [5, 5.41) is 2.94. The van der Waals surface area contributed by atoms with Gasteiger partial charge < -0.3 is 11.1 Å². The predicted octanol–water partition coefficient (Wildman–Crippen LogP) is 2.43. The van der Waals surface area contributed by atoms with Crippen LogP contribution in [0.1, 0.15) is 44.4 Å². The first-order chi connectivity index (χ1) is 8.54. The molecule has 0 spiro atoms. The number of carbonyl (C=O) groups excluding carboxylic acids is 1. The Balaban J connectivity index is 2.87. The number of benzene rings is 1. The summed E-state index contributed by atoms with van der Waals surface area (Å²) in [7, 11) is 0. The Morgan fingerprint density at radius 1 is 1.21 bits per heavy atom. The first-order valence-electron chi connectivity index (χ1n) is 6.69. The zero-order valence-corrected chi connectivity index (χ0v) is 12.9. The first-order valence-corrected chi connectivity index (χ1v) is 6.69. The fourth-order valence-corrected chi connectivity index (χ4v) is 2.09. The molecule has 3 heteroatoms. The molecule has 3 nitrogen and oxygen atoms in total. The van der Waals surface area contributed by atoms with Crippen molar-refractivity contribution in [3.8, 4) is 0 Å². The molecule has 106 valence electrons. The number of nitrogens with two attached hydrogens (primary N) is 1. The van der Waals surface area contributed by atoms with Crippen molar-refractivity contribution in [2.24, 2.45) is 5.73 Å². The minimum absolute atomic E-state index is 0.114. The smallest absolute Gasteiger partial charge is 0.239 e. The van der Waals surface area contributed by atoms with Crippen molar-refractivity contribution >= 4 is 5.91 Å². The van der Waals surface area contributed by atoms with Gasteiger partial charge in [0.15, 0.2) is 0 Å². The van der Waals surface area contributed by atoms with E-state index >= 15 is 0 Å². The molecule has 1 rings (SSSR count). The molecule has 1 aromatic carbocycles. The highest BCUT2D eigenvalue weighted by Crippen LogP contribution is 2.26. The quantitative estimate of drug-likeness (QED) is 0.875. The van der Waals surface area contributed by atoms with Gasteiger partial charge in [0.05, 0.1) is 5.54 Å². The van der Waals surface area contributed by atoms with Crippen LogP contribution < -0.4 is 11.1 Å². The summed E-state index contributed by atoms with van der Waals surface area (Å²) in [6.45, 7) is 12.5. The van der Waals surface area contributed by atoms with Crippen molar-refractivity contribution in [2.75, 3.05) is 6.54 Å². The molecule has 0 unspecified atom stereocenters. The largest absolute Gasteiger partial charge is 0.354 e. The van der Waals surface area contributed by atoms with Crippen LogP contribution in [0.3, 0.4) is 0 Å². The maximum atomic E-state index is 11.9. The van der Waals surface area contributed by atoms with E-state index in [-0.39, 0.29) is 11.3 Å². The molecule has 0 saturated heterocycles.